The molecule has 1 saturated heterocycles. The molecule has 1 aliphatic rings. The molecule has 1 heterocycles. The first-order valence-corrected chi connectivity index (χ1v) is 7.65. The van der Waals surface area contributed by atoms with Gasteiger partial charge in [0.2, 0.25) is 0 Å². The fourth-order valence-corrected chi connectivity index (χ4v) is 2.79. The lowest BCUT2D eigenvalue weighted by Crippen LogP contribution is -2.51. The molecular weight excluding hydrogens is 282 g/mol. The summed E-state index contributed by atoms with van der Waals surface area (Å²) in [7, 11) is 0. The van der Waals surface area contributed by atoms with E-state index in [0.29, 0.717) is 18.6 Å². The fraction of sp³-hybridized carbons (Fsp3) is 0.529. The van der Waals surface area contributed by atoms with Crippen LogP contribution >= 0.6 is 0 Å². The summed E-state index contributed by atoms with van der Waals surface area (Å²) in [6, 6.07) is 7.58. The van der Waals surface area contributed by atoms with E-state index in [1.165, 1.54) is 0 Å². The quantitative estimate of drug-likeness (QED) is 0.928. The number of amides is 1. The van der Waals surface area contributed by atoms with Crippen LogP contribution in [0, 0.1) is 12.8 Å². The zero-order valence-electron chi connectivity index (χ0n) is 13.3. The Labute approximate surface area is 130 Å². The number of carboxylic acid groups (broad SMARTS) is 1. The number of carbonyl (C=O) groups excluding carboxylic acids is 1. The molecule has 22 heavy (non-hydrogen) atoms. The van der Waals surface area contributed by atoms with Crippen molar-refractivity contribution in [1.29, 1.82) is 0 Å². The van der Waals surface area contributed by atoms with E-state index in [1.807, 2.05) is 38.1 Å². The van der Waals surface area contributed by atoms with Crippen LogP contribution in [0.15, 0.2) is 24.3 Å². The molecule has 0 bridgehead atoms. The minimum Gasteiger partial charge on any atom is -0.481 e. The van der Waals surface area contributed by atoms with Crippen LogP contribution in [0.1, 0.15) is 32.3 Å². The average molecular weight is 305 g/mol. The number of carboxylic acids is 1. The van der Waals surface area contributed by atoms with Crippen LogP contribution in [0.5, 0.6) is 5.75 Å². The molecule has 1 aliphatic heterocycles. The number of hydrogen-bond donors (Lipinski definition) is 1. The SMILES string of the molecule is Cc1cccc(OC(C)C(=O)N2CC(C(=O)O)CCC2C)c1. The molecule has 3 atom stereocenters. The van der Waals surface area contributed by atoms with Crippen LogP contribution in [0.3, 0.4) is 0 Å². The summed E-state index contributed by atoms with van der Waals surface area (Å²) in [6.45, 7) is 5.89. The van der Waals surface area contributed by atoms with Crippen molar-refractivity contribution >= 4 is 11.9 Å². The first kappa shape index (κ1) is 16.3. The maximum atomic E-state index is 12.6. The lowest BCUT2D eigenvalue weighted by Gasteiger charge is -2.37. The summed E-state index contributed by atoms with van der Waals surface area (Å²) in [5, 5.41) is 9.16. The van der Waals surface area contributed by atoms with Gasteiger partial charge in [0.15, 0.2) is 6.10 Å². The Hall–Kier alpha value is -2.04. The normalized spacial score (nSPS) is 23.0. The molecule has 2 rings (SSSR count). The van der Waals surface area contributed by atoms with E-state index >= 15 is 0 Å². The predicted molar refractivity (Wildman–Crippen MR) is 82.8 cm³/mol. The first-order chi connectivity index (χ1) is 10.4. The number of likely N-dealkylation sites (tertiary alicyclic amines) is 1. The van der Waals surface area contributed by atoms with Crippen molar-refractivity contribution < 1.29 is 19.4 Å². The Balaban J connectivity index is 2.03. The van der Waals surface area contributed by atoms with Crippen LogP contribution in [0.25, 0.3) is 0 Å². The van der Waals surface area contributed by atoms with Crippen molar-refractivity contribution in [2.45, 2.75) is 45.8 Å². The topological polar surface area (TPSA) is 66.8 Å². The number of aliphatic carboxylic acids is 1. The molecule has 0 saturated carbocycles. The van der Waals surface area contributed by atoms with Crippen molar-refractivity contribution in [2.75, 3.05) is 6.54 Å². The minimum absolute atomic E-state index is 0.0478. The van der Waals surface area contributed by atoms with Crippen LogP contribution in [-0.2, 0) is 9.59 Å². The van der Waals surface area contributed by atoms with Crippen LogP contribution in [0.4, 0.5) is 0 Å². The van der Waals surface area contributed by atoms with Gasteiger partial charge < -0.3 is 14.7 Å². The van der Waals surface area contributed by atoms with Gasteiger partial charge in [0.1, 0.15) is 5.75 Å². The predicted octanol–water partition coefficient (Wildman–Crippen LogP) is 2.47. The Kier molecular flexibility index (Phi) is 5.06. The Morgan fingerprint density at radius 1 is 1.36 bits per heavy atom. The fourth-order valence-electron chi connectivity index (χ4n) is 2.79. The molecule has 5 heteroatoms. The van der Waals surface area contributed by atoms with Crippen molar-refractivity contribution in [3.63, 3.8) is 0 Å². The number of rotatable bonds is 4. The van der Waals surface area contributed by atoms with Crippen LogP contribution < -0.4 is 4.74 Å². The number of ether oxygens (including phenoxy) is 1. The van der Waals surface area contributed by atoms with Gasteiger partial charge in [-0.15, -0.1) is 0 Å². The highest BCUT2D eigenvalue weighted by Gasteiger charge is 2.34. The van der Waals surface area contributed by atoms with Gasteiger partial charge in [0.05, 0.1) is 5.92 Å². The molecule has 120 valence electrons. The number of piperidine rings is 1. The maximum Gasteiger partial charge on any atom is 0.308 e. The van der Waals surface area contributed by atoms with Gasteiger partial charge >= 0.3 is 5.97 Å². The second-order valence-electron chi connectivity index (χ2n) is 6.03. The van der Waals surface area contributed by atoms with Crippen molar-refractivity contribution in [3.05, 3.63) is 29.8 Å². The van der Waals surface area contributed by atoms with E-state index in [0.717, 1.165) is 5.56 Å². The van der Waals surface area contributed by atoms with Gasteiger partial charge in [-0.1, -0.05) is 12.1 Å². The molecule has 0 spiro atoms. The number of carbonyl (C=O) groups is 2. The smallest absolute Gasteiger partial charge is 0.308 e. The molecular formula is C17H23NO4. The molecule has 1 fully saturated rings. The molecule has 0 radical (unpaired) electrons. The first-order valence-electron chi connectivity index (χ1n) is 7.65. The third-order valence-electron chi connectivity index (χ3n) is 4.16. The highest BCUT2D eigenvalue weighted by molar-refractivity contribution is 5.82. The number of nitrogens with zero attached hydrogens (tertiary/aromatic N) is 1. The summed E-state index contributed by atoms with van der Waals surface area (Å²) in [5.41, 5.74) is 1.06. The van der Waals surface area contributed by atoms with Crippen molar-refractivity contribution in [1.82, 2.24) is 4.90 Å². The van der Waals surface area contributed by atoms with Gasteiger partial charge in [-0.25, -0.2) is 0 Å². The summed E-state index contributed by atoms with van der Waals surface area (Å²) in [5.74, 6) is -0.816. The molecule has 0 aromatic heterocycles. The van der Waals surface area contributed by atoms with E-state index in [1.54, 1.807) is 11.8 Å². The molecule has 1 N–H and O–H groups in total. The zero-order chi connectivity index (χ0) is 16.3. The van der Waals surface area contributed by atoms with Gasteiger partial charge in [-0.05, 0) is 51.3 Å². The van der Waals surface area contributed by atoms with E-state index in [4.69, 9.17) is 9.84 Å². The highest BCUT2D eigenvalue weighted by atomic mass is 16.5. The van der Waals surface area contributed by atoms with Gasteiger partial charge in [0, 0.05) is 12.6 Å². The third-order valence-corrected chi connectivity index (χ3v) is 4.16. The largest absolute Gasteiger partial charge is 0.481 e. The van der Waals surface area contributed by atoms with Crippen LogP contribution in [-0.4, -0.2) is 40.6 Å². The minimum atomic E-state index is -0.836. The zero-order valence-corrected chi connectivity index (χ0v) is 13.3. The maximum absolute atomic E-state index is 12.6. The number of aryl methyl sites for hydroxylation is 1. The standard InChI is InChI=1S/C17H23NO4/c1-11-5-4-6-15(9-11)22-13(3)16(19)18-10-14(17(20)21)8-7-12(18)2/h4-6,9,12-14H,7-8,10H2,1-3H3,(H,20,21). The Morgan fingerprint density at radius 3 is 2.73 bits per heavy atom. The molecule has 1 amide bonds. The summed E-state index contributed by atoms with van der Waals surface area (Å²) >= 11 is 0. The number of hydrogen-bond acceptors (Lipinski definition) is 3. The lowest BCUT2D eigenvalue weighted by atomic mass is 9.93. The average Bonchev–Trinajstić information content (AvgIpc) is 2.46. The van der Waals surface area contributed by atoms with E-state index in [9.17, 15) is 9.59 Å². The van der Waals surface area contributed by atoms with E-state index in [-0.39, 0.29) is 18.5 Å². The molecule has 1 aromatic carbocycles. The monoisotopic (exact) mass is 305 g/mol. The van der Waals surface area contributed by atoms with Crippen LogP contribution in [0.2, 0.25) is 0 Å². The molecule has 0 aliphatic carbocycles. The second kappa shape index (κ2) is 6.81. The van der Waals surface area contributed by atoms with Crippen molar-refractivity contribution in [2.24, 2.45) is 5.92 Å². The number of benzene rings is 1. The Morgan fingerprint density at radius 2 is 2.09 bits per heavy atom. The molecule has 3 unspecified atom stereocenters. The summed E-state index contributed by atoms with van der Waals surface area (Å²) < 4.78 is 5.72. The van der Waals surface area contributed by atoms with E-state index < -0.39 is 18.0 Å². The van der Waals surface area contributed by atoms with Gasteiger partial charge in [-0.2, -0.15) is 0 Å². The summed E-state index contributed by atoms with van der Waals surface area (Å²) in [6.07, 6.45) is 0.699. The third kappa shape index (κ3) is 3.78. The lowest BCUT2D eigenvalue weighted by molar-refractivity contribution is -0.149. The van der Waals surface area contributed by atoms with E-state index in [2.05, 4.69) is 0 Å². The molecule has 1 aromatic rings. The summed E-state index contributed by atoms with van der Waals surface area (Å²) in [4.78, 5) is 25.4. The van der Waals surface area contributed by atoms with Gasteiger partial charge in [-0.3, -0.25) is 9.59 Å². The highest BCUT2D eigenvalue weighted by Crippen LogP contribution is 2.24. The Bertz CT molecular complexity index is 557. The van der Waals surface area contributed by atoms with Crippen molar-refractivity contribution in [3.8, 4) is 5.75 Å². The molecule has 5 nitrogen and oxygen atoms in total. The second-order valence-corrected chi connectivity index (χ2v) is 6.03. The van der Waals surface area contributed by atoms with Gasteiger partial charge in [0.25, 0.3) is 5.91 Å².